The van der Waals surface area contributed by atoms with Gasteiger partial charge < -0.3 is 15.1 Å². The molecule has 0 aliphatic carbocycles. The van der Waals surface area contributed by atoms with E-state index in [1.165, 1.54) is 18.9 Å². The Kier molecular flexibility index (Phi) is 11.5. The molecule has 0 atom stereocenters. The van der Waals surface area contributed by atoms with Crippen LogP contribution in [0.25, 0.3) is 0 Å². The van der Waals surface area contributed by atoms with Crippen LogP contribution in [0.5, 0.6) is 5.75 Å². The number of esters is 1. The molecule has 5 nitrogen and oxygen atoms in total. The van der Waals surface area contributed by atoms with Gasteiger partial charge in [0, 0.05) is 11.1 Å². The molecule has 32 heavy (non-hydrogen) atoms. The van der Waals surface area contributed by atoms with E-state index in [0.29, 0.717) is 23.6 Å². The Morgan fingerprint density at radius 1 is 1.16 bits per heavy atom. The lowest BCUT2D eigenvalue weighted by Gasteiger charge is -2.14. The molecule has 2 N–H and O–H groups in total. The zero-order valence-corrected chi connectivity index (χ0v) is 20.3. The van der Waals surface area contributed by atoms with Gasteiger partial charge in [0.25, 0.3) is 0 Å². The monoisotopic (exact) mass is 477 g/mol. The van der Waals surface area contributed by atoms with Crippen LogP contribution in [0.4, 0.5) is 0 Å². The van der Waals surface area contributed by atoms with Crippen molar-refractivity contribution < 1.29 is 19.8 Å². The Labute approximate surface area is 199 Å². The fourth-order valence-electron chi connectivity index (χ4n) is 3.58. The first kappa shape index (κ1) is 26.1. The first-order valence-corrected chi connectivity index (χ1v) is 12.3. The molecule has 0 amide bonds. The van der Waals surface area contributed by atoms with E-state index >= 15 is 0 Å². The van der Waals surface area contributed by atoms with Crippen LogP contribution in [0.3, 0.4) is 0 Å². The second-order valence-corrected chi connectivity index (χ2v) is 9.16. The van der Waals surface area contributed by atoms with Crippen LogP contribution in [-0.4, -0.2) is 35.4 Å². The largest absolute Gasteiger partial charge is 0.507 e. The smallest absolute Gasteiger partial charge is 0.309 e. The minimum absolute atomic E-state index is 0.224. The fraction of sp³-hybridized carbons (Fsp3) is 0.440. The number of halogens is 1. The molecular weight excluding hydrogens is 446 g/mol. The summed E-state index contributed by atoms with van der Waals surface area (Å²) in [4.78, 5) is 12.4. The number of carbonyl (C=O) groups is 1. The molecule has 2 aromatic carbocycles. The van der Waals surface area contributed by atoms with E-state index in [1.54, 1.807) is 11.8 Å². The van der Waals surface area contributed by atoms with E-state index in [-0.39, 0.29) is 12.4 Å². The van der Waals surface area contributed by atoms with Gasteiger partial charge in [0.1, 0.15) is 5.75 Å². The van der Waals surface area contributed by atoms with Gasteiger partial charge in [-0.25, -0.2) is 0 Å². The van der Waals surface area contributed by atoms with Crippen molar-refractivity contribution in [2.75, 3.05) is 12.9 Å². The summed E-state index contributed by atoms with van der Waals surface area (Å²) in [5, 5.41) is 23.0. The van der Waals surface area contributed by atoms with Crippen LogP contribution in [0.15, 0.2) is 40.4 Å². The third kappa shape index (κ3) is 8.06. The fourth-order valence-corrected chi connectivity index (χ4v) is 4.88. The van der Waals surface area contributed by atoms with Crippen LogP contribution in [0, 0.1) is 0 Å². The van der Waals surface area contributed by atoms with Crippen molar-refractivity contribution >= 4 is 35.5 Å². The molecule has 0 aliphatic heterocycles. The Morgan fingerprint density at radius 2 is 1.94 bits per heavy atom. The Hall–Kier alpha value is -2.18. The third-order valence-corrected chi connectivity index (χ3v) is 6.84. The molecule has 7 heteroatoms. The number of thioether (sulfide) groups is 1. The lowest BCUT2D eigenvalue weighted by atomic mass is 9.94. The van der Waals surface area contributed by atoms with Crippen molar-refractivity contribution in [1.29, 1.82) is 0 Å². The number of methoxy groups -OCH3 is 1. The number of phenolic OH excluding ortho intramolecular Hbond substituents is 1. The summed E-state index contributed by atoms with van der Waals surface area (Å²) < 4.78 is 4.69. The summed E-state index contributed by atoms with van der Waals surface area (Å²) in [5.41, 5.74) is 4.00. The summed E-state index contributed by atoms with van der Waals surface area (Å²) in [7, 11) is 1.38. The highest BCUT2D eigenvalue weighted by Gasteiger charge is 2.12. The van der Waals surface area contributed by atoms with Gasteiger partial charge in [-0.1, -0.05) is 43.1 Å². The van der Waals surface area contributed by atoms with Gasteiger partial charge in [0.2, 0.25) is 0 Å². The number of ether oxygens (including phenoxy) is 1. The van der Waals surface area contributed by atoms with Gasteiger partial charge in [-0.3, -0.25) is 4.79 Å². The predicted molar refractivity (Wildman–Crippen MR) is 132 cm³/mol. The molecule has 2 rings (SSSR count). The molecule has 0 spiro atoms. The van der Waals surface area contributed by atoms with Gasteiger partial charge in [0.05, 0.1) is 18.6 Å². The molecular formula is C25H32ClNO4S. The lowest BCUT2D eigenvalue weighted by molar-refractivity contribution is -0.139. The third-order valence-electron chi connectivity index (χ3n) is 5.26. The Balaban J connectivity index is 1.88. The first-order chi connectivity index (χ1) is 15.5. The SMILES string of the molecule is CCCc1c(CCCCSc2ccc(CC(=O)OC)cc2Cl)ccc(CCC=NO)c1O. The second-order valence-electron chi connectivity index (χ2n) is 7.62. The van der Waals surface area contributed by atoms with Crippen LogP contribution < -0.4 is 0 Å². The maximum Gasteiger partial charge on any atom is 0.309 e. The number of aromatic hydroxyl groups is 1. The van der Waals surface area contributed by atoms with Gasteiger partial charge in [-0.2, -0.15) is 0 Å². The van der Waals surface area contributed by atoms with Crippen molar-refractivity contribution in [3.05, 3.63) is 57.6 Å². The van der Waals surface area contributed by atoms with Gasteiger partial charge >= 0.3 is 5.97 Å². The molecule has 0 heterocycles. The summed E-state index contributed by atoms with van der Waals surface area (Å²) in [6, 6.07) is 9.82. The summed E-state index contributed by atoms with van der Waals surface area (Å²) in [6.07, 6.45) is 7.73. The number of unbranched alkanes of at least 4 members (excludes halogenated alkanes) is 1. The molecule has 0 fully saturated rings. The predicted octanol–water partition coefficient (Wildman–Crippen LogP) is 6.22. The van der Waals surface area contributed by atoms with Gasteiger partial charge in [-0.15, -0.1) is 16.9 Å². The van der Waals surface area contributed by atoms with E-state index < -0.39 is 0 Å². The minimum atomic E-state index is -0.276. The molecule has 0 saturated carbocycles. The molecule has 0 radical (unpaired) electrons. The van der Waals surface area contributed by atoms with Crippen LogP contribution in [0.2, 0.25) is 5.02 Å². The summed E-state index contributed by atoms with van der Waals surface area (Å²) >= 11 is 8.09. The Morgan fingerprint density at radius 3 is 2.62 bits per heavy atom. The quantitative estimate of drug-likeness (QED) is 0.0893. The van der Waals surface area contributed by atoms with E-state index in [9.17, 15) is 9.90 Å². The molecule has 0 unspecified atom stereocenters. The Bertz CT molecular complexity index is 917. The number of benzene rings is 2. The van der Waals surface area contributed by atoms with E-state index in [0.717, 1.165) is 59.4 Å². The molecule has 174 valence electrons. The van der Waals surface area contributed by atoms with E-state index in [2.05, 4.69) is 18.1 Å². The van der Waals surface area contributed by atoms with Crippen molar-refractivity contribution in [1.82, 2.24) is 0 Å². The van der Waals surface area contributed by atoms with Crippen molar-refractivity contribution in [2.45, 2.75) is 63.2 Å². The highest BCUT2D eigenvalue weighted by atomic mass is 35.5. The van der Waals surface area contributed by atoms with Crippen molar-refractivity contribution in [2.24, 2.45) is 5.16 Å². The topological polar surface area (TPSA) is 79.1 Å². The number of nitrogens with zero attached hydrogens (tertiary/aromatic N) is 1. The number of phenols is 1. The molecule has 2 aromatic rings. The molecule has 0 aromatic heterocycles. The number of hydrogen-bond acceptors (Lipinski definition) is 6. The summed E-state index contributed by atoms with van der Waals surface area (Å²) in [5.74, 6) is 1.06. The number of aryl methyl sites for hydroxylation is 2. The zero-order valence-electron chi connectivity index (χ0n) is 18.8. The minimum Gasteiger partial charge on any atom is -0.507 e. The van der Waals surface area contributed by atoms with Gasteiger partial charge in [-0.05, 0) is 78.7 Å². The maximum atomic E-state index is 11.4. The van der Waals surface area contributed by atoms with Crippen molar-refractivity contribution in [3.8, 4) is 5.75 Å². The standard InChI is InChI=1S/C25H32ClNO4S/c1-3-7-21-19(11-12-20(25(21)29)9-6-14-27-30)8-4-5-15-32-23-13-10-18(16-22(23)26)17-24(28)31-2/h10-14,16,29-30H,3-9,15,17H2,1-2H3. The molecule has 0 saturated heterocycles. The van der Waals surface area contributed by atoms with E-state index in [1.807, 2.05) is 24.3 Å². The summed E-state index contributed by atoms with van der Waals surface area (Å²) in [6.45, 7) is 2.12. The lowest BCUT2D eigenvalue weighted by Crippen LogP contribution is -2.04. The highest BCUT2D eigenvalue weighted by Crippen LogP contribution is 2.31. The molecule has 0 aliphatic rings. The van der Waals surface area contributed by atoms with Gasteiger partial charge in [0.15, 0.2) is 0 Å². The van der Waals surface area contributed by atoms with Crippen LogP contribution in [-0.2, 0) is 35.2 Å². The number of rotatable bonds is 13. The second kappa shape index (κ2) is 14.1. The number of hydrogen-bond donors (Lipinski definition) is 2. The van der Waals surface area contributed by atoms with Crippen LogP contribution >= 0.6 is 23.4 Å². The first-order valence-electron chi connectivity index (χ1n) is 11.0. The highest BCUT2D eigenvalue weighted by molar-refractivity contribution is 7.99. The average Bonchev–Trinajstić information content (AvgIpc) is 2.78. The normalized spacial score (nSPS) is 11.2. The van der Waals surface area contributed by atoms with Crippen molar-refractivity contribution in [3.63, 3.8) is 0 Å². The maximum absolute atomic E-state index is 11.4. The van der Waals surface area contributed by atoms with E-state index in [4.69, 9.17) is 21.5 Å². The zero-order chi connectivity index (χ0) is 23.3. The number of oxime groups is 1. The number of carbonyl (C=O) groups excluding carboxylic acids is 1. The average molecular weight is 478 g/mol. The molecule has 0 bridgehead atoms. The van der Waals surface area contributed by atoms with Crippen LogP contribution in [0.1, 0.15) is 54.9 Å².